The first kappa shape index (κ1) is 11.0. The molecule has 0 fully saturated rings. The molecule has 0 heterocycles. The van der Waals surface area contributed by atoms with E-state index in [0.29, 0.717) is 11.7 Å². The molecule has 0 aromatic heterocycles. The van der Waals surface area contributed by atoms with Crippen LogP contribution in [0.15, 0.2) is 24.3 Å². The van der Waals surface area contributed by atoms with Gasteiger partial charge < -0.3 is 14.9 Å². The molecule has 0 spiro atoms. The summed E-state index contributed by atoms with van der Waals surface area (Å²) in [6, 6.07) is 7.26. The van der Waals surface area contributed by atoms with Crippen molar-refractivity contribution in [3.05, 3.63) is 29.8 Å². The van der Waals surface area contributed by atoms with Crippen molar-refractivity contribution >= 4 is 0 Å². The van der Waals surface area contributed by atoms with Crippen molar-refractivity contribution in [3.8, 4) is 5.75 Å². The van der Waals surface area contributed by atoms with Gasteiger partial charge in [0.2, 0.25) is 0 Å². The third kappa shape index (κ3) is 3.36. The highest BCUT2D eigenvalue weighted by Crippen LogP contribution is 2.20. The standard InChI is InChI=1S/C11H16O3/c1-8(2)9-4-6-10(7-5-9)14-11(3,12)13/h4-8,12-13H,1-3H3. The first-order valence-corrected chi connectivity index (χ1v) is 4.62. The second kappa shape index (κ2) is 3.98. The monoisotopic (exact) mass is 196 g/mol. The van der Waals surface area contributed by atoms with Crippen molar-refractivity contribution in [1.29, 1.82) is 0 Å². The predicted molar refractivity (Wildman–Crippen MR) is 54.0 cm³/mol. The van der Waals surface area contributed by atoms with Gasteiger partial charge in [0.15, 0.2) is 0 Å². The molecule has 1 rings (SSSR count). The molecule has 14 heavy (non-hydrogen) atoms. The molecule has 0 bridgehead atoms. The van der Waals surface area contributed by atoms with E-state index >= 15 is 0 Å². The van der Waals surface area contributed by atoms with E-state index in [4.69, 9.17) is 14.9 Å². The van der Waals surface area contributed by atoms with Gasteiger partial charge in [0.25, 0.3) is 0 Å². The minimum atomic E-state index is -2.11. The Morgan fingerprint density at radius 3 is 2.00 bits per heavy atom. The summed E-state index contributed by atoms with van der Waals surface area (Å²) in [5.74, 6) is -1.21. The van der Waals surface area contributed by atoms with Gasteiger partial charge in [-0.3, -0.25) is 0 Å². The number of rotatable bonds is 3. The zero-order chi connectivity index (χ0) is 10.8. The van der Waals surface area contributed by atoms with Crippen LogP contribution in [-0.4, -0.2) is 16.2 Å². The average Bonchev–Trinajstić information content (AvgIpc) is 2.02. The molecule has 1 aromatic carbocycles. The lowest BCUT2D eigenvalue weighted by Gasteiger charge is -2.18. The molecule has 0 amide bonds. The van der Waals surface area contributed by atoms with Crippen molar-refractivity contribution in [2.75, 3.05) is 0 Å². The van der Waals surface area contributed by atoms with E-state index in [-0.39, 0.29) is 0 Å². The lowest BCUT2D eigenvalue weighted by Crippen LogP contribution is -2.30. The van der Waals surface area contributed by atoms with E-state index in [1.165, 1.54) is 12.5 Å². The van der Waals surface area contributed by atoms with Gasteiger partial charge in [-0.15, -0.1) is 0 Å². The SMILES string of the molecule is CC(C)c1ccc(OC(C)(O)O)cc1. The highest BCUT2D eigenvalue weighted by molar-refractivity contribution is 5.28. The van der Waals surface area contributed by atoms with Crippen molar-refractivity contribution in [2.45, 2.75) is 32.7 Å². The molecule has 78 valence electrons. The maximum absolute atomic E-state index is 8.98. The summed E-state index contributed by atoms with van der Waals surface area (Å²) in [7, 11) is 0. The van der Waals surface area contributed by atoms with E-state index in [2.05, 4.69) is 13.8 Å². The fraction of sp³-hybridized carbons (Fsp3) is 0.455. The molecule has 3 nitrogen and oxygen atoms in total. The number of benzene rings is 1. The summed E-state index contributed by atoms with van der Waals surface area (Å²) in [6.45, 7) is 5.36. The van der Waals surface area contributed by atoms with Gasteiger partial charge in [-0.2, -0.15) is 0 Å². The fourth-order valence-corrected chi connectivity index (χ4v) is 1.14. The second-order valence-corrected chi connectivity index (χ2v) is 3.76. The Morgan fingerprint density at radius 2 is 1.64 bits per heavy atom. The molecule has 0 unspecified atom stereocenters. The maximum Gasteiger partial charge on any atom is 0.318 e. The summed E-state index contributed by atoms with van der Waals surface area (Å²) < 4.78 is 4.85. The highest BCUT2D eigenvalue weighted by Gasteiger charge is 2.16. The topological polar surface area (TPSA) is 49.7 Å². The normalized spacial score (nSPS) is 11.9. The molecular weight excluding hydrogens is 180 g/mol. The zero-order valence-electron chi connectivity index (χ0n) is 8.69. The summed E-state index contributed by atoms with van der Waals surface area (Å²) in [6.07, 6.45) is 0. The Bertz CT molecular complexity index is 282. The maximum atomic E-state index is 8.98. The Labute approximate surface area is 84.0 Å². The van der Waals surface area contributed by atoms with Crippen LogP contribution >= 0.6 is 0 Å². The molecule has 0 aliphatic heterocycles. The number of hydrogen-bond acceptors (Lipinski definition) is 3. The van der Waals surface area contributed by atoms with Crippen molar-refractivity contribution in [2.24, 2.45) is 0 Å². The third-order valence-corrected chi connectivity index (χ3v) is 1.86. The minimum absolute atomic E-state index is 0.446. The first-order chi connectivity index (χ1) is 6.38. The van der Waals surface area contributed by atoms with E-state index in [9.17, 15) is 0 Å². The van der Waals surface area contributed by atoms with Crippen LogP contribution in [0.2, 0.25) is 0 Å². The van der Waals surface area contributed by atoms with Crippen LogP contribution in [0.25, 0.3) is 0 Å². The molecule has 0 aliphatic rings. The van der Waals surface area contributed by atoms with E-state index in [0.717, 1.165) is 0 Å². The fourth-order valence-electron chi connectivity index (χ4n) is 1.14. The Morgan fingerprint density at radius 1 is 1.14 bits per heavy atom. The molecule has 0 atom stereocenters. The van der Waals surface area contributed by atoms with Crippen LogP contribution < -0.4 is 4.74 Å². The molecule has 0 aliphatic carbocycles. The Kier molecular flexibility index (Phi) is 3.13. The summed E-state index contributed by atoms with van der Waals surface area (Å²) >= 11 is 0. The zero-order valence-corrected chi connectivity index (χ0v) is 8.69. The van der Waals surface area contributed by atoms with E-state index < -0.39 is 5.97 Å². The second-order valence-electron chi connectivity index (χ2n) is 3.76. The molecule has 3 heteroatoms. The van der Waals surface area contributed by atoms with Gasteiger partial charge in [-0.25, -0.2) is 0 Å². The number of aliphatic hydroxyl groups is 2. The highest BCUT2D eigenvalue weighted by atomic mass is 16.8. The van der Waals surface area contributed by atoms with Gasteiger partial charge in [0.05, 0.1) is 0 Å². The van der Waals surface area contributed by atoms with Gasteiger partial charge in [0, 0.05) is 6.92 Å². The van der Waals surface area contributed by atoms with Gasteiger partial charge in [0.1, 0.15) is 5.75 Å². The van der Waals surface area contributed by atoms with Crippen LogP contribution in [0.3, 0.4) is 0 Å². The lowest BCUT2D eigenvalue weighted by atomic mass is 10.0. The van der Waals surface area contributed by atoms with Gasteiger partial charge in [-0.05, 0) is 23.6 Å². The van der Waals surface area contributed by atoms with E-state index in [1.807, 2.05) is 12.1 Å². The van der Waals surface area contributed by atoms with Crippen molar-refractivity contribution in [1.82, 2.24) is 0 Å². The summed E-state index contributed by atoms with van der Waals surface area (Å²) in [5, 5.41) is 18.0. The van der Waals surface area contributed by atoms with Gasteiger partial charge in [-0.1, -0.05) is 26.0 Å². The largest absolute Gasteiger partial charge is 0.439 e. The number of ether oxygens (including phenoxy) is 1. The predicted octanol–water partition coefficient (Wildman–Crippen LogP) is 1.85. The number of hydrogen-bond donors (Lipinski definition) is 2. The average molecular weight is 196 g/mol. The Hall–Kier alpha value is -1.06. The van der Waals surface area contributed by atoms with Crippen LogP contribution in [-0.2, 0) is 0 Å². The van der Waals surface area contributed by atoms with Crippen LogP contribution in [0.4, 0.5) is 0 Å². The Balaban J connectivity index is 2.74. The molecule has 1 aromatic rings. The van der Waals surface area contributed by atoms with Crippen molar-refractivity contribution < 1.29 is 14.9 Å². The van der Waals surface area contributed by atoms with Crippen molar-refractivity contribution in [3.63, 3.8) is 0 Å². The summed E-state index contributed by atoms with van der Waals surface area (Å²) in [4.78, 5) is 0. The van der Waals surface area contributed by atoms with Crippen LogP contribution in [0.1, 0.15) is 32.3 Å². The first-order valence-electron chi connectivity index (χ1n) is 4.62. The van der Waals surface area contributed by atoms with Gasteiger partial charge >= 0.3 is 5.97 Å². The van der Waals surface area contributed by atoms with Crippen LogP contribution in [0, 0.1) is 0 Å². The lowest BCUT2D eigenvalue weighted by molar-refractivity contribution is -0.277. The smallest absolute Gasteiger partial charge is 0.318 e. The van der Waals surface area contributed by atoms with E-state index in [1.54, 1.807) is 12.1 Å². The molecule has 0 saturated heterocycles. The third-order valence-electron chi connectivity index (χ3n) is 1.86. The molecule has 2 N–H and O–H groups in total. The minimum Gasteiger partial charge on any atom is -0.439 e. The van der Waals surface area contributed by atoms with Crippen LogP contribution in [0.5, 0.6) is 5.75 Å². The molecular formula is C11H16O3. The molecule has 0 radical (unpaired) electrons. The molecule has 0 saturated carbocycles. The quantitative estimate of drug-likeness (QED) is 0.725. The summed E-state index contributed by atoms with van der Waals surface area (Å²) in [5.41, 5.74) is 1.19.